The molecule has 2 aromatic heterocycles. The van der Waals surface area contributed by atoms with Gasteiger partial charge in [-0.1, -0.05) is 24.6 Å². The zero-order valence-corrected chi connectivity index (χ0v) is 25.9. The fraction of sp³-hybridized carbons (Fsp3) is 0.444. The number of nitrogens with one attached hydrogen (secondary N) is 4. The van der Waals surface area contributed by atoms with Gasteiger partial charge in [0.2, 0.25) is 23.5 Å². The van der Waals surface area contributed by atoms with Gasteiger partial charge in [0.15, 0.2) is 17.3 Å². The van der Waals surface area contributed by atoms with E-state index < -0.39 is 17.1 Å². The van der Waals surface area contributed by atoms with Crippen LogP contribution in [0.3, 0.4) is 0 Å². The smallest absolute Gasteiger partial charge is 0.272 e. The molecule has 1 saturated carbocycles. The van der Waals surface area contributed by atoms with Crippen LogP contribution < -0.4 is 26.0 Å². The highest BCUT2D eigenvalue weighted by Gasteiger charge is 2.31. The summed E-state index contributed by atoms with van der Waals surface area (Å²) in [6.07, 6.45) is 2.91. The molecule has 0 radical (unpaired) electrons. The van der Waals surface area contributed by atoms with Crippen molar-refractivity contribution in [2.45, 2.75) is 43.8 Å². The molecule has 0 spiro atoms. The number of nitrogens with zero attached hydrogens (tertiary/aromatic N) is 4. The average Bonchev–Trinajstić information content (AvgIpc) is 3.72. The van der Waals surface area contributed by atoms with Crippen molar-refractivity contribution < 1.29 is 28.4 Å². The Morgan fingerprint density at radius 2 is 1.91 bits per heavy atom. The molecule has 1 aromatic carbocycles. The zero-order valence-electron chi connectivity index (χ0n) is 25.9. The van der Waals surface area contributed by atoms with Crippen LogP contribution in [-0.2, 0) is 14.3 Å². The number of ether oxygens (including phenoxy) is 2. The minimum Gasteiger partial charge on any atom is -0.494 e. The number of anilines is 3. The van der Waals surface area contributed by atoms with E-state index in [2.05, 4.69) is 41.6 Å². The van der Waals surface area contributed by atoms with Crippen molar-refractivity contribution in [1.82, 2.24) is 31.0 Å². The predicted molar refractivity (Wildman–Crippen MR) is 171 cm³/mol. The molecule has 14 nitrogen and oxygen atoms in total. The van der Waals surface area contributed by atoms with Crippen molar-refractivity contribution in [3.63, 3.8) is 0 Å². The highest BCUT2D eigenvalue weighted by atomic mass is 16.5. The van der Waals surface area contributed by atoms with Gasteiger partial charge in [-0.3, -0.25) is 14.4 Å². The lowest BCUT2D eigenvalue weighted by molar-refractivity contribution is -0.123. The summed E-state index contributed by atoms with van der Waals surface area (Å²) in [5.74, 6) is -0.496. The summed E-state index contributed by atoms with van der Waals surface area (Å²) >= 11 is 0. The first-order chi connectivity index (χ1) is 21.0. The van der Waals surface area contributed by atoms with Gasteiger partial charge >= 0.3 is 0 Å². The predicted octanol–water partition coefficient (Wildman–Crippen LogP) is -0.486. The van der Waals surface area contributed by atoms with E-state index in [0.717, 1.165) is 19.3 Å². The van der Waals surface area contributed by atoms with Crippen LogP contribution in [-0.4, -0.2) is 94.2 Å². The molecule has 1 aliphatic rings. The number of para-hydroxylation sites is 1. The van der Waals surface area contributed by atoms with Crippen LogP contribution in [0.2, 0.25) is 0 Å². The summed E-state index contributed by atoms with van der Waals surface area (Å²) < 4.78 is 16.3. The van der Waals surface area contributed by atoms with Crippen LogP contribution in [0.4, 0.5) is 17.2 Å². The first-order valence-corrected chi connectivity index (χ1v) is 14.6. The highest BCUT2D eigenvalue weighted by Crippen LogP contribution is 2.38. The number of hydrogen-bond donors (Lipinski definition) is 4. The maximum atomic E-state index is 13.2. The maximum absolute atomic E-state index is 13.2. The Bertz CT molecular complexity index is 1490. The van der Waals surface area contributed by atoms with Crippen molar-refractivity contribution in [2.75, 3.05) is 38.0 Å². The molecule has 0 aliphatic heterocycles. The van der Waals surface area contributed by atoms with E-state index in [0.29, 0.717) is 42.3 Å². The van der Waals surface area contributed by atoms with Crippen LogP contribution >= 0.6 is 0 Å². The molecular weight excluding hydrogens is 565 g/mol. The molecular formula is C27H37B3N8O6. The van der Waals surface area contributed by atoms with Crippen LogP contribution in [0.25, 0.3) is 11.4 Å². The van der Waals surface area contributed by atoms with Crippen molar-refractivity contribution in [3.8, 4) is 17.1 Å². The fourth-order valence-corrected chi connectivity index (χ4v) is 4.41. The molecule has 1 atom stereocenters. The Morgan fingerprint density at radius 1 is 1.14 bits per heavy atom. The van der Waals surface area contributed by atoms with Gasteiger partial charge in [-0.25, -0.2) is 0 Å². The molecule has 230 valence electrons. The van der Waals surface area contributed by atoms with Gasteiger partial charge in [0.05, 0.1) is 30.7 Å². The Balaban J connectivity index is 1.66. The third-order valence-corrected chi connectivity index (χ3v) is 6.67. The Hall–Kier alpha value is -4.40. The topological polar surface area (TPSA) is 182 Å². The van der Waals surface area contributed by atoms with E-state index in [-0.39, 0.29) is 41.0 Å². The molecule has 1 fully saturated rings. The largest absolute Gasteiger partial charge is 0.494 e. The normalized spacial score (nSPS) is 13.5. The van der Waals surface area contributed by atoms with E-state index in [1.807, 2.05) is 30.5 Å². The van der Waals surface area contributed by atoms with Gasteiger partial charge in [0.25, 0.3) is 5.91 Å². The van der Waals surface area contributed by atoms with E-state index in [1.165, 1.54) is 7.11 Å². The maximum Gasteiger partial charge on any atom is 0.272 e. The number of carbonyl (C=O) groups is 3. The Labute approximate surface area is 258 Å². The molecule has 3 aromatic rings. The molecule has 3 amide bonds. The number of carbonyl (C=O) groups excluding carboxylic acids is 3. The Morgan fingerprint density at radius 3 is 2.57 bits per heavy atom. The number of hydrogen-bond acceptors (Lipinski definition) is 11. The van der Waals surface area contributed by atoms with E-state index >= 15 is 0 Å². The van der Waals surface area contributed by atoms with E-state index in [1.54, 1.807) is 31.4 Å². The molecule has 4 rings (SSSR count). The summed E-state index contributed by atoms with van der Waals surface area (Å²) in [6.45, 7) is 2.72. The second-order valence-electron chi connectivity index (χ2n) is 11.6. The van der Waals surface area contributed by atoms with Gasteiger partial charge in [-0.15, -0.1) is 10.2 Å². The fourth-order valence-electron chi connectivity index (χ4n) is 4.41. The van der Waals surface area contributed by atoms with E-state index in [9.17, 15) is 14.4 Å². The van der Waals surface area contributed by atoms with Gasteiger partial charge < -0.3 is 35.3 Å². The molecule has 1 unspecified atom stereocenters. The first-order valence-electron chi connectivity index (χ1n) is 14.6. The van der Waals surface area contributed by atoms with Crippen molar-refractivity contribution in [2.24, 2.45) is 5.92 Å². The van der Waals surface area contributed by atoms with Crippen LogP contribution in [0.1, 0.15) is 54.9 Å². The summed E-state index contributed by atoms with van der Waals surface area (Å²) in [7, 11) is 8.63. The minimum atomic E-state index is -0.624. The average molecular weight is 602 g/mol. The SMILES string of the molecule is BC(B)(B)NC(=O)c1nnc(NC(=O)C2CC2)cc1Nc1cccc(-c2noc(C(CCC)C(=O)NCCOC)n2)c1OC. The quantitative estimate of drug-likeness (QED) is 0.130. The number of amides is 3. The standard InChI is InChI=1S/C27H37B3N8O6/c1-4-6-16(24(40)31-11-12-42-2)26-34-22(38-44-26)15-7-5-8-17(21(15)43-3)32-18-13-19(33-23(39)14-9-10-14)36-37-20(18)25(41)35-27(28,29)30/h5,7-8,13-14,16H,4,6,9-12,28-30H2,1-3H3,(H,31,40)(H,35,41)(H2,32,33,36,39). The summed E-state index contributed by atoms with van der Waals surface area (Å²) in [6, 6.07) is 6.82. The molecule has 44 heavy (non-hydrogen) atoms. The molecule has 0 bridgehead atoms. The lowest BCUT2D eigenvalue weighted by Gasteiger charge is -2.21. The van der Waals surface area contributed by atoms with Gasteiger partial charge in [0.1, 0.15) is 29.5 Å². The number of methoxy groups -OCH3 is 2. The molecule has 0 saturated heterocycles. The summed E-state index contributed by atoms with van der Waals surface area (Å²) in [5, 5.41) is 23.6. The van der Waals surface area contributed by atoms with Crippen molar-refractivity contribution >= 4 is 58.5 Å². The van der Waals surface area contributed by atoms with Crippen molar-refractivity contribution in [1.29, 1.82) is 0 Å². The minimum absolute atomic E-state index is 0.0283. The summed E-state index contributed by atoms with van der Waals surface area (Å²) in [4.78, 5) is 43.0. The molecule has 1 aliphatic carbocycles. The number of benzene rings is 1. The second kappa shape index (κ2) is 14.4. The van der Waals surface area contributed by atoms with E-state index in [4.69, 9.17) is 14.0 Å². The van der Waals surface area contributed by atoms with Gasteiger partial charge in [-0.2, -0.15) is 4.98 Å². The zero-order chi connectivity index (χ0) is 31.9. The monoisotopic (exact) mass is 602 g/mol. The number of aromatic nitrogens is 4. The first kappa shape index (κ1) is 32.5. The van der Waals surface area contributed by atoms with Crippen molar-refractivity contribution in [3.05, 3.63) is 35.9 Å². The molecule has 2 heterocycles. The van der Waals surface area contributed by atoms with Crippen LogP contribution in [0.5, 0.6) is 5.75 Å². The summed E-state index contributed by atoms with van der Waals surface area (Å²) in [5.41, 5.74) is 1.29. The van der Waals surface area contributed by atoms with Crippen LogP contribution in [0, 0.1) is 5.92 Å². The third-order valence-electron chi connectivity index (χ3n) is 6.67. The lowest BCUT2D eigenvalue weighted by atomic mass is 9.49. The third kappa shape index (κ3) is 8.37. The highest BCUT2D eigenvalue weighted by molar-refractivity contribution is 6.60. The second-order valence-corrected chi connectivity index (χ2v) is 11.6. The Kier molecular flexibility index (Phi) is 10.6. The van der Waals surface area contributed by atoms with Crippen LogP contribution in [0.15, 0.2) is 28.8 Å². The van der Waals surface area contributed by atoms with Gasteiger partial charge in [0, 0.05) is 25.6 Å². The lowest BCUT2D eigenvalue weighted by Crippen LogP contribution is -2.50. The number of rotatable bonds is 15. The molecule has 17 heteroatoms. The molecule has 4 N–H and O–H groups in total. The van der Waals surface area contributed by atoms with Gasteiger partial charge in [-0.05, 0) is 36.6 Å².